The molecule has 0 unspecified atom stereocenters. The minimum absolute atomic E-state index is 0.228. The Labute approximate surface area is 104 Å². The Hall–Kier alpha value is 0.200. The average molecular weight is 263 g/mol. The van der Waals surface area contributed by atoms with Crippen molar-refractivity contribution in [3.63, 3.8) is 0 Å². The topological polar surface area (TPSA) is 25.8 Å². The summed E-state index contributed by atoms with van der Waals surface area (Å²) < 4.78 is 5.52. The van der Waals surface area contributed by atoms with Crippen LogP contribution in [0.15, 0.2) is 4.34 Å². The zero-order valence-electron chi connectivity index (χ0n) is 8.83. The third-order valence-corrected chi connectivity index (χ3v) is 5.82. The molecule has 0 amide bonds. The van der Waals surface area contributed by atoms with Crippen LogP contribution >= 0.6 is 34.9 Å². The summed E-state index contributed by atoms with van der Waals surface area (Å²) in [5.41, 5.74) is 0. The lowest BCUT2D eigenvalue weighted by Crippen LogP contribution is -2.29. The second-order valence-electron chi connectivity index (χ2n) is 4.09. The summed E-state index contributed by atoms with van der Waals surface area (Å²) in [6.07, 6.45) is 6.41. The van der Waals surface area contributed by atoms with E-state index in [4.69, 9.17) is 11.6 Å². The molecule has 2 nitrogen and oxygen atoms in total. The summed E-state index contributed by atoms with van der Waals surface area (Å²) in [6, 6.07) is 0. The lowest BCUT2D eigenvalue weighted by Gasteiger charge is -2.33. The third-order valence-electron chi connectivity index (χ3n) is 2.82. The standard InChI is InChI=1S/C10H15ClN2S2/c1-8-12-9(15-13-8)14-10(7-11)5-3-2-4-6-10/h2-7H2,1H3. The van der Waals surface area contributed by atoms with E-state index in [0.717, 1.165) is 16.0 Å². The van der Waals surface area contributed by atoms with Gasteiger partial charge in [0.25, 0.3) is 0 Å². The van der Waals surface area contributed by atoms with Crippen LogP contribution in [0.5, 0.6) is 0 Å². The predicted molar refractivity (Wildman–Crippen MR) is 67.0 cm³/mol. The number of hydrogen-bond donors (Lipinski definition) is 0. The van der Waals surface area contributed by atoms with Gasteiger partial charge in [-0.2, -0.15) is 4.37 Å². The fourth-order valence-electron chi connectivity index (χ4n) is 1.96. The first-order chi connectivity index (χ1) is 7.24. The van der Waals surface area contributed by atoms with Gasteiger partial charge in [0.2, 0.25) is 0 Å². The normalized spacial score (nSPS) is 20.4. The molecule has 1 aromatic heterocycles. The molecule has 0 saturated heterocycles. The molecule has 0 atom stereocenters. The number of aromatic nitrogens is 2. The van der Waals surface area contributed by atoms with Crippen molar-refractivity contribution in [2.45, 2.75) is 48.1 Å². The lowest BCUT2D eigenvalue weighted by atomic mass is 9.90. The maximum absolute atomic E-state index is 6.13. The van der Waals surface area contributed by atoms with Crippen LogP contribution in [0.2, 0.25) is 0 Å². The summed E-state index contributed by atoms with van der Waals surface area (Å²) in [4.78, 5) is 4.41. The third kappa shape index (κ3) is 2.86. The molecule has 1 aliphatic carbocycles. The molecule has 0 aromatic carbocycles. The summed E-state index contributed by atoms with van der Waals surface area (Å²) in [5, 5.41) is 0. The molecule has 0 aliphatic heterocycles. The molecule has 0 bridgehead atoms. The molecule has 1 aromatic rings. The maximum atomic E-state index is 6.13. The second kappa shape index (κ2) is 5.02. The number of halogens is 1. The smallest absolute Gasteiger partial charge is 0.170 e. The van der Waals surface area contributed by atoms with Gasteiger partial charge in [0.1, 0.15) is 5.82 Å². The van der Waals surface area contributed by atoms with Crippen LogP contribution in [0.3, 0.4) is 0 Å². The minimum atomic E-state index is 0.228. The molecule has 0 radical (unpaired) electrons. The highest BCUT2D eigenvalue weighted by molar-refractivity contribution is 8.02. The van der Waals surface area contributed by atoms with Crippen molar-refractivity contribution >= 4 is 34.9 Å². The van der Waals surface area contributed by atoms with Crippen LogP contribution in [-0.2, 0) is 0 Å². The number of aryl methyl sites for hydroxylation is 1. The molecule has 1 fully saturated rings. The van der Waals surface area contributed by atoms with Gasteiger partial charge in [-0.1, -0.05) is 31.0 Å². The van der Waals surface area contributed by atoms with Crippen LogP contribution in [0, 0.1) is 6.92 Å². The highest BCUT2D eigenvalue weighted by Gasteiger charge is 2.33. The average Bonchev–Trinajstić information content (AvgIpc) is 2.65. The Morgan fingerprint density at radius 2 is 2.13 bits per heavy atom. The predicted octanol–water partition coefficient (Wildman–Crippen LogP) is 3.88. The van der Waals surface area contributed by atoms with Crippen molar-refractivity contribution in [2.24, 2.45) is 0 Å². The second-order valence-corrected chi connectivity index (χ2v) is 6.82. The SMILES string of the molecule is Cc1nsc(SC2(CCl)CCCCC2)n1. The lowest BCUT2D eigenvalue weighted by molar-refractivity contribution is 0.425. The molecule has 0 N–H and O–H groups in total. The zero-order chi connectivity index (χ0) is 10.7. The van der Waals surface area contributed by atoms with E-state index in [0.29, 0.717) is 0 Å². The summed E-state index contributed by atoms with van der Waals surface area (Å²) in [7, 11) is 0. The fraction of sp³-hybridized carbons (Fsp3) is 0.800. The van der Waals surface area contributed by atoms with Crippen LogP contribution < -0.4 is 0 Å². The molecular weight excluding hydrogens is 248 g/mol. The fourth-order valence-corrected chi connectivity index (χ4v) is 4.71. The Morgan fingerprint density at radius 1 is 1.40 bits per heavy atom. The van der Waals surface area contributed by atoms with E-state index in [1.807, 2.05) is 18.7 Å². The van der Waals surface area contributed by atoms with Crippen LogP contribution in [0.1, 0.15) is 37.9 Å². The van der Waals surface area contributed by atoms with E-state index in [9.17, 15) is 0 Å². The quantitative estimate of drug-likeness (QED) is 0.773. The van der Waals surface area contributed by atoms with Gasteiger partial charge in [-0.15, -0.1) is 11.6 Å². The monoisotopic (exact) mass is 262 g/mol. The highest BCUT2D eigenvalue weighted by atomic mass is 35.5. The first-order valence-corrected chi connectivity index (χ1v) is 7.42. The molecule has 1 saturated carbocycles. The molecule has 0 spiro atoms. The van der Waals surface area contributed by atoms with E-state index in [1.165, 1.54) is 43.6 Å². The van der Waals surface area contributed by atoms with Crippen molar-refractivity contribution in [3.05, 3.63) is 5.82 Å². The molecule has 1 aliphatic rings. The summed E-state index contributed by atoms with van der Waals surface area (Å²) in [6.45, 7) is 1.94. The van der Waals surface area contributed by atoms with Crippen LogP contribution in [0.4, 0.5) is 0 Å². The van der Waals surface area contributed by atoms with E-state index in [-0.39, 0.29) is 4.75 Å². The highest BCUT2D eigenvalue weighted by Crippen LogP contribution is 2.44. The van der Waals surface area contributed by atoms with E-state index >= 15 is 0 Å². The van der Waals surface area contributed by atoms with Crippen molar-refractivity contribution in [1.82, 2.24) is 9.36 Å². The number of rotatable bonds is 3. The van der Waals surface area contributed by atoms with E-state index in [2.05, 4.69) is 9.36 Å². The Balaban J connectivity index is 2.06. The van der Waals surface area contributed by atoms with Gasteiger partial charge >= 0.3 is 0 Å². The minimum Gasteiger partial charge on any atom is -0.213 e. The van der Waals surface area contributed by atoms with Crippen LogP contribution in [0.25, 0.3) is 0 Å². The van der Waals surface area contributed by atoms with E-state index in [1.54, 1.807) is 0 Å². The number of hydrogen-bond acceptors (Lipinski definition) is 4. The van der Waals surface area contributed by atoms with E-state index < -0.39 is 0 Å². The van der Waals surface area contributed by atoms with Crippen molar-refractivity contribution in [2.75, 3.05) is 5.88 Å². The molecule has 84 valence electrons. The van der Waals surface area contributed by atoms with Crippen molar-refractivity contribution in [1.29, 1.82) is 0 Å². The Kier molecular flexibility index (Phi) is 3.91. The zero-order valence-corrected chi connectivity index (χ0v) is 11.2. The molecule has 1 heterocycles. The van der Waals surface area contributed by atoms with Gasteiger partial charge in [-0.25, -0.2) is 4.98 Å². The summed E-state index contributed by atoms with van der Waals surface area (Å²) >= 11 is 9.48. The van der Waals surface area contributed by atoms with Gasteiger partial charge in [0.15, 0.2) is 4.34 Å². The molecule has 2 rings (SSSR count). The number of nitrogens with zero attached hydrogens (tertiary/aromatic N) is 2. The van der Waals surface area contributed by atoms with Crippen LogP contribution in [-0.4, -0.2) is 20.0 Å². The first-order valence-electron chi connectivity index (χ1n) is 5.29. The molecule has 5 heteroatoms. The molecule has 15 heavy (non-hydrogen) atoms. The number of thioether (sulfide) groups is 1. The summed E-state index contributed by atoms with van der Waals surface area (Å²) in [5.74, 6) is 1.61. The van der Waals surface area contributed by atoms with Gasteiger partial charge in [-0.05, 0) is 31.3 Å². The number of alkyl halides is 1. The first kappa shape index (κ1) is 11.7. The van der Waals surface area contributed by atoms with Gasteiger partial charge in [0.05, 0.1) is 0 Å². The Morgan fingerprint density at radius 3 is 2.67 bits per heavy atom. The van der Waals surface area contributed by atoms with Gasteiger partial charge < -0.3 is 0 Å². The van der Waals surface area contributed by atoms with Crippen molar-refractivity contribution < 1.29 is 0 Å². The largest absolute Gasteiger partial charge is 0.213 e. The Bertz CT molecular complexity index is 321. The van der Waals surface area contributed by atoms with Crippen molar-refractivity contribution in [3.8, 4) is 0 Å². The van der Waals surface area contributed by atoms with Gasteiger partial charge in [-0.3, -0.25) is 0 Å². The van der Waals surface area contributed by atoms with Gasteiger partial charge in [0, 0.05) is 10.6 Å². The maximum Gasteiger partial charge on any atom is 0.170 e. The molecular formula is C10H15ClN2S2.